The van der Waals surface area contributed by atoms with E-state index in [4.69, 9.17) is 15.2 Å². The van der Waals surface area contributed by atoms with Crippen LogP contribution < -0.4 is 20.5 Å². The van der Waals surface area contributed by atoms with Crippen LogP contribution in [0.4, 0.5) is 0 Å². The van der Waals surface area contributed by atoms with Crippen LogP contribution in [-0.2, 0) is 6.61 Å². The summed E-state index contributed by atoms with van der Waals surface area (Å²) in [5.41, 5.74) is 7.06. The molecule has 1 aromatic carbocycles. The molecule has 0 saturated heterocycles. The number of nitrogens with two attached hydrogens (primary N) is 1. The summed E-state index contributed by atoms with van der Waals surface area (Å²) in [7, 11) is 0. The van der Waals surface area contributed by atoms with Crippen LogP contribution in [0, 0.1) is 5.92 Å². The lowest BCUT2D eigenvalue weighted by atomic mass is 10.1. The molecule has 2 aromatic rings. The first kappa shape index (κ1) is 18.7. The average Bonchev–Trinajstić information content (AvgIpc) is 2.65. The van der Waals surface area contributed by atoms with Gasteiger partial charge in [0.25, 0.3) is 5.91 Å². The number of pyridine rings is 1. The average molecular weight is 343 g/mol. The van der Waals surface area contributed by atoms with E-state index in [-0.39, 0.29) is 11.8 Å². The Labute approximate surface area is 148 Å². The molecule has 6 nitrogen and oxygen atoms in total. The second kappa shape index (κ2) is 9.64. The Hall–Kier alpha value is -2.60. The first-order chi connectivity index (χ1) is 12.1. The molecule has 0 aliphatic rings. The van der Waals surface area contributed by atoms with Crippen LogP contribution in [0.5, 0.6) is 11.5 Å². The Morgan fingerprint density at radius 3 is 2.80 bits per heavy atom. The summed E-state index contributed by atoms with van der Waals surface area (Å²) in [6.07, 6.45) is 3.47. The van der Waals surface area contributed by atoms with Gasteiger partial charge < -0.3 is 20.5 Å². The Kier molecular flexibility index (Phi) is 7.22. The number of carbonyl (C=O) groups excluding carboxylic acids is 1. The highest BCUT2D eigenvalue weighted by atomic mass is 16.5. The molecule has 0 aliphatic carbocycles. The van der Waals surface area contributed by atoms with E-state index in [0.717, 1.165) is 5.56 Å². The molecular formula is C19H25N3O3. The number of nitrogens with zero attached hydrogens (tertiary/aromatic N) is 1. The molecule has 0 saturated carbocycles. The zero-order valence-electron chi connectivity index (χ0n) is 14.7. The lowest BCUT2D eigenvalue weighted by Gasteiger charge is -2.14. The molecule has 134 valence electrons. The van der Waals surface area contributed by atoms with Crippen LogP contribution in [0.2, 0.25) is 0 Å². The Morgan fingerprint density at radius 2 is 2.12 bits per heavy atom. The van der Waals surface area contributed by atoms with Gasteiger partial charge in [0.05, 0.1) is 6.61 Å². The largest absolute Gasteiger partial charge is 0.490 e. The van der Waals surface area contributed by atoms with Crippen LogP contribution in [0.15, 0.2) is 42.7 Å². The molecular weight excluding hydrogens is 318 g/mol. The summed E-state index contributed by atoms with van der Waals surface area (Å²) < 4.78 is 11.4. The van der Waals surface area contributed by atoms with Gasteiger partial charge in [-0.2, -0.15) is 0 Å². The topological polar surface area (TPSA) is 86.5 Å². The molecule has 6 heteroatoms. The van der Waals surface area contributed by atoms with Gasteiger partial charge in [0.1, 0.15) is 6.61 Å². The number of amides is 1. The number of benzene rings is 1. The molecule has 0 radical (unpaired) electrons. The van der Waals surface area contributed by atoms with E-state index in [2.05, 4.69) is 10.3 Å². The van der Waals surface area contributed by atoms with Crippen molar-refractivity contribution in [3.8, 4) is 11.5 Å². The SMILES string of the molecule is CCOc1cc(C(=O)NCC(C)CN)ccc1OCc1cccnc1. The molecule has 2 rings (SSSR count). The van der Waals surface area contributed by atoms with E-state index in [1.165, 1.54) is 0 Å². The van der Waals surface area contributed by atoms with E-state index in [1.54, 1.807) is 30.6 Å². The first-order valence-corrected chi connectivity index (χ1v) is 8.40. The van der Waals surface area contributed by atoms with Crippen LogP contribution >= 0.6 is 0 Å². The monoisotopic (exact) mass is 343 g/mol. The van der Waals surface area contributed by atoms with E-state index < -0.39 is 0 Å². The molecule has 0 bridgehead atoms. The van der Waals surface area contributed by atoms with Gasteiger partial charge in [-0.1, -0.05) is 13.0 Å². The fourth-order valence-electron chi connectivity index (χ4n) is 2.13. The second-order valence-corrected chi connectivity index (χ2v) is 5.80. The zero-order chi connectivity index (χ0) is 18.1. The number of hydrogen-bond acceptors (Lipinski definition) is 5. The van der Waals surface area contributed by atoms with Crippen molar-refractivity contribution < 1.29 is 14.3 Å². The Bertz CT molecular complexity index is 677. The van der Waals surface area contributed by atoms with Gasteiger partial charge in [0, 0.05) is 30.1 Å². The summed E-state index contributed by atoms with van der Waals surface area (Å²) >= 11 is 0. The maximum absolute atomic E-state index is 12.3. The molecule has 25 heavy (non-hydrogen) atoms. The Balaban J connectivity index is 2.06. The van der Waals surface area contributed by atoms with Crippen molar-refractivity contribution in [3.63, 3.8) is 0 Å². The molecule has 0 aliphatic heterocycles. The summed E-state index contributed by atoms with van der Waals surface area (Å²) in [5.74, 6) is 1.22. The van der Waals surface area contributed by atoms with Crippen LogP contribution in [0.25, 0.3) is 0 Å². The molecule has 3 N–H and O–H groups in total. The fraction of sp³-hybridized carbons (Fsp3) is 0.368. The lowest BCUT2D eigenvalue weighted by molar-refractivity contribution is 0.0948. The second-order valence-electron chi connectivity index (χ2n) is 5.80. The minimum absolute atomic E-state index is 0.153. The van der Waals surface area contributed by atoms with E-state index in [9.17, 15) is 4.79 Å². The third-order valence-electron chi connectivity index (χ3n) is 3.64. The van der Waals surface area contributed by atoms with Crippen molar-refractivity contribution in [2.24, 2.45) is 11.7 Å². The number of rotatable bonds is 9. The summed E-state index contributed by atoms with van der Waals surface area (Å²) in [4.78, 5) is 16.3. The number of carbonyl (C=O) groups is 1. The normalized spacial score (nSPS) is 11.6. The number of aromatic nitrogens is 1. The van der Waals surface area contributed by atoms with Gasteiger partial charge in [-0.15, -0.1) is 0 Å². The predicted molar refractivity (Wildman–Crippen MR) is 96.7 cm³/mol. The Morgan fingerprint density at radius 1 is 1.28 bits per heavy atom. The van der Waals surface area contributed by atoms with E-state index >= 15 is 0 Å². The van der Waals surface area contributed by atoms with Crippen LogP contribution in [0.3, 0.4) is 0 Å². The number of ether oxygens (including phenoxy) is 2. The van der Waals surface area contributed by atoms with Gasteiger partial charge >= 0.3 is 0 Å². The van der Waals surface area contributed by atoms with Crippen LogP contribution in [0.1, 0.15) is 29.8 Å². The van der Waals surface area contributed by atoms with E-state index in [1.807, 2.05) is 26.0 Å². The van der Waals surface area contributed by atoms with Crippen LogP contribution in [-0.4, -0.2) is 30.6 Å². The van der Waals surface area contributed by atoms with Crippen molar-refractivity contribution in [2.75, 3.05) is 19.7 Å². The van der Waals surface area contributed by atoms with Crippen molar-refractivity contribution in [2.45, 2.75) is 20.5 Å². The van der Waals surface area contributed by atoms with Gasteiger partial charge in [-0.25, -0.2) is 0 Å². The maximum atomic E-state index is 12.3. The van der Waals surface area contributed by atoms with Gasteiger partial charge in [0.2, 0.25) is 0 Å². The van der Waals surface area contributed by atoms with Crippen molar-refractivity contribution in [1.82, 2.24) is 10.3 Å². The highest BCUT2D eigenvalue weighted by Gasteiger charge is 2.12. The molecule has 1 heterocycles. The highest BCUT2D eigenvalue weighted by molar-refractivity contribution is 5.94. The predicted octanol–water partition coefficient (Wildman–Crippen LogP) is 2.38. The van der Waals surface area contributed by atoms with E-state index in [0.29, 0.717) is 43.4 Å². The fourth-order valence-corrected chi connectivity index (χ4v) is 2.13. The summed E-state index contributed by atoms with van der Waals surface area (Å²) in [5, 5.41) is 2.87. The van der Waals surface area contributed by atoms with Gasteiger partial charge in [-0.05, 0) is 43.7 Å². The third kappa shape index (κ3) is 5.76. The maximum Gasteiger partial charge on any atom is 0.251 e. The molecule has 0 spiro atoms. The standard InChI is InChI=1S/C19H25N3O3/c1-3-24-18-9-16(19(23)22-11-14(2)10-20)6-7-17(18)25-13-15-5-4-8-21-12-15/h4-9,12,14H,3,10-11,13,20H2,1-2H3,(H,22,23). The number of nitrogens with one attached hydrogen (secondary N) is 1. The van der Waals surface area contributed by atoms with Crippen molar-refractivity contribution in [1.29, 1.82) is 0 Å². The quantitative estimate of drug-likeness (QED) is 0.730. The zero-order valence-corrected chi connectivity index (χ0v) is 14.7. The lowest BCUT2D eigenvalue weighted by Crippen LogP contribution is -2.31. The first-order valence-electron chi connectivity index (χ1n) is 8.40. The van der Waals surface area contributed by atoms with Gasteiger partial charge in [-0.3, -0.25) is 9.78 Å². The highest BCUT2D eigenvalue weighted by Crippen LogP contribution is 2.29. The third-order valence-corrected chi connectivity index (χ3v) is 3.64. The molecule has 1 atom stereocenters. The van der Waals surface area contributed by atoms with Gasteiger partial charge in [0.15, 0.2) is 11.5 Å². The minimum atomic E-state index is -0.153. The number of hydrogen-bond donors (Lipinski definition) is 2. The molecule has 0 fully saturated rings. The summed E-state index contributed by atoms with van der Waals surface area (Å²) in [6.45, 7) is 5.82. The smallest absolute Gasteiger partial charge is 0.251 e. The molecule has 1 unspecified atom stereocenters. The minimum Gasteiger partial charge on any atom is -0.490 e. The van der Waals surface area contributed by atoms with Crippen molar-refractivity contribution >= 4 is 5.91 Å². The summed E-state index contributed by atoms with van der Waals surface area (Å²) in [6, 6.07) is 8.97. The molecule has 1 aromatic heterocycles. The van der Waals surface area contributed by atoms with Crippen molar-refractivity contribution in [3.05, 3.63) is 53.9 Å². The molecule has 1 amide bonds.